The lowest BCUT2D eigenvalue weighted by molar-refractivity contribution is -0.119. The maximum Gasteiger partial charge on any atom is 0.228 e. The molecule has 108 valence electrons. The molecule has 0 aliphatic rings. The van der Waals surface area contributed by atoms with Crippen molar-refractivity contribution in [2.24, 2.45) is 5.92 Å². The Hall–Kier alpha value is -2.19. The van der Waals surface area contributed by atoms with Crippen molar-refractivity contribution in [1.82, 2.24) is 4.98 Å². The Morgan fingerprint density at radius 1 is 1.43 bits per heavy atom. The van der Waals surface area contributed by atoms with Crippen molar-refractivity contribution in [2.75, 3.05) is 5.32 Å². The number of anilines is 1. The molecule has 5 heteroatoms. The normalized spacial score (nSPS) is 11.7. The molecule has 1 N–H and O–H groups in total. The van der Waals surface area contributed by atoms with Crippen LogP contribution in [0.1, 0.15) is 36.3 Å². The molecule has 0 aliphatic heterocycles. The van der Waals surface area contributed by atoms with E-state index in [1.807, 2.05) is 38.1 Å². The van der Waals surface area contributed by atoms with E-state index >= 15 is 0 Å². The summed E-state index contributed by atoms with van der Waals surface area (Å²) in [5.74, 6) is 0.00708. The van der Waals surface area contributed by atoms with Crippen molar-refractivity contribution < 1.29 is 4.79 Å². The second-order valence-corrected chi connectivity index (χ2v) is 6.03. The Labute approximate surface area is 128 Å². The third kappa shape index (κ3) is 4.14. The summed E-state index contributed by atoms with van der Waals surface area (Å²) in [6.07, 6.45) is 3.35. The summed E-state index contributed by atoms with van der Waals surface area (Å²) in [4.78, 5) is 17.1. The number of nitrogens with one attached hydrogen (secondary N) is 1. The quantitative estimate of drug-likeness (QED) is 0.917. The predicted octanol–water partition coefficient (Wildman–Crippen LogP) is 3.59. The summed E-state index contributed by atoms with van der Waals surface area (Å²) < 4.78 is 0. The van der Waals surface area contributed by atoms with E-state index in [4.69, 9.17) is 5.26 Å². The van der Waals surface area contributed by atoms with Crippen LogP contribution in [0.15, 0.2) is 30.5 Å². The first kappa shape index (κ1) is 15.2. The summed E-state index contributed by atoms with van der Waals surface area (Å²) in [7, 11) is 0. The minimum atomic E-state index is -0.00382. The molecule has 1 atom stereocenters. The number of carbonyl (C=O) groups excluding carboxylic acids is 1. The van der Waals surface area contributed by atoms with Crippen molar-refractivity contribution in [3.8, 4) is 6.07 Å². The highest BCUT2D eigenvalue weighted by Gasteiger charge is 2.12. The molecule has 2 rings (SSSR count). The lowest BCUT2D eigenvalue weighted by atomic mass is 10.1. The van der Waals surface area contributed by atoms with E-state index in [9.17, 15) is 4.79 Å². The lowest BCUT2D eigenvalue weighted by Crippen LogP contribution is -2.19. The van der Waals surface area contributed by atoms with Gasteiger partial charge in [0.1, 0.15) is 0 Å². The second-order valence-electron chi connectivity index (χ2n) is 4.92. The zero-order valence-corrected chi connectivity index (χ0v) is 12.9. The summed E-state index contributed by atoms with van der Waals surface area (Å²) in [6, 6.07) is 9.60. The molecule has 4 nitrogen and oxygen atoms in total. The SMILES string of the molecule is CC[C@H](C)C(=O)Nc1ncc(Cc2ccc(C#N)cc2)s1. The molecule has 0 spiro atoms. The molecule has 2 aromatic rings. The Bertz CT molecular complexity index is 655. The largest absolute Gasteiger partial charge is 0.302 e. The van der Waals surface area contributed by atoms with Crippen LogP contribution in [0.4, 0.5) is 5.13 Å². The van der Waals surface area contributed by atoms with Gasteiger partial charge >= 0.3 is 0 Å². The Morgan fingerprint density at radius 3 is 2.76 bits per heavy atom. The van der Waals surface area contributed by atoms with Crippen LogP contribution in [-0.4, -0.2) is 10.9 Å². The van der Waals surface area contributed by atoms with Gasteiger partial charge in [-0.05, 0) is 24.1 Å². The van der Waals surface area contributed by atoms with Crippen LogP contribution < -0.4 is 5.32 Å². The van der Waals surface area contributed by atoms with Gasteiger partial charge < -0.3 is 5.32 Å². The molecule has 1 heterocycles. The topological polar surface area (TPSA) is 65.8 Å². The summed E-state index contributed by atoms with van der Waals surface area (Å²) in [5.41, 5.74) is 1.78. The number of hydrogen-bond acceptors (Lipinski definition) is 4. The van der Waals surface area contributed by atoms with E-state index in [-0.39, 0.29) is 11.8 Å². The number of amides is 1. The second kappa shape index (κ2) is 7.00. The number of nitrogens with zero attached hydrogens (tertiary/aromatic N) is 2. The molecule has 0 fully saturated rings. The fourth-order valence-corrected chi connectivity index (χ4v) is 2.61. The predicted molar refractivity (Wildman–Crippen MR) is 84.2 cm³/mol. The molecule has 0 saturated carbocycles. The van der Waals surface area contributed by atoms with Crippen LogP contribution in [0.2, 0.25) is 0 Å². The highest BCUT2D eigenvalue weighted by molar-refractivity contribution is 7.15. The number of hydrogen-bond donors (Lipinski definition) is 1. The van der Waals surface area contributed by atoms with Gasteiger partial charge in [0.05, 0.1) is 11.6 Å². The molecule has 1 amide bonds. The first-order chi connectivity index (χ1) is 10.1. The molecule has 21 heavy (non-hydrogen) atoms. The Morgan fingerprint density at radius 2 is 2.14 bits per heavy atom. The van der Waals surface area contributed by atoms with E-state index in [0.29, 0.717) is 10.7 Å². The molecule has 1 aromatic heterocycles. The Kier molecular flexibility index (Phi) is 5.07. The van der Waals surface area contributed by atoms with E-state index < -0.39 is 0 Å². The van der Waals surface area contributed by atoms with Crippen molar-refractivity contribution in [1.29, 1.82) is 5.26 Å². The monoisotopic (exact) mass is 299 g/mol. The number of aromatic nitrogens is 1. The van der Waals surface area contributed by atoms with Gasteiger partial charge in [-0.25, -0.2) is 4.98 Å². The average Bonchev–Trinajstić information content (AvgIpc) is 2.94. The zero-order valence-electron chi connectivity index (χ0n) is 12.1. The molecule has 1 aromatic carbocycles. The van der Waals surface area contributed by atoms with Crippen molar-refractivity contribution in [3.05, 3.63) is 46.5 Å². The summed E-state index contributed by atoms with van der Waals surface area (Å²) in [6.45, 7) is 3.89. The lowest BCUT2D eigenvalue weighted by Gasteiger charge is -2.06. The van der Waals surface area contributed by atoms with E-state index in [1.54, 1.807) is 6.20 Å². The van der Waals surface area contributed by atoms with Crippen molar-refractivity contribution >= 4 is 22.4 Å². The van der Waals surface area contributed by atoms with Gasteiger partial charge in [-0.2, -0.15) is 5.26 Å². The van der Waals surface area contributed by atoms with Gasteiger partial charge in [-0.3, -0.25) is 4.79 Å². The first-order valence-electron chi connectivity index (χ1n) is 6.87. The summed E-state index contributed by atoms with van der Waals surface area (Å²) in [5, 5.41) is 12.3. The van der Waals surface area contributed by atoms with Crippen molar-refractivity contribution in [3.63, 3.8) is 0 Å². The van der Waals surface area contributed by atoms with Gasteiger partial charge in [-0.1, -0.05) is 26.0 Å². The van der Waals surface area contributed by atoms with E-state index in [2.05, 4.69) is 16.4 Å². The fourth-order valence-electron chi connectivity index (χ4n) is 1.76. The number of benzene rings is 1. The molecule has 0 unspecified atom stereocenters. The number of thiazole rings is 1. The number of carbonyl (C=O) groups is 1. The third-order valence-electron chi connectivity index (χ3n) is 3.31. The average molecular weight is 299 g/mol. The van der Waals surface area contributed by atoms with Crippen LogP contribution in [0.25, 0.3) is 0 Å². The van der Waals surface area contributed by atoms with Crippen LogP contribution in [0, 0.1) is 17.2 Å². The number of rotatable bonds is 5. The minimum absolute atomic E-state index is 0.00382. The highest BCUT2D eigenvalue weighted by atomic mass is 32.1. The zero-order chi connectivity index (χ0) is 15.2. The molecule has 0 radical (unpaired) electrons. The highest BCUT2D eigenvalue weighted by Crippen LogP contribution is 2.22. The van der Waals surface area contributed by atoms with Crippen LogP contribution in [0.3, 0.4) is 0 Å². The van der Waals surface area contributed by atoms with Crippen LogP contribution in [0.5, 0.6) is 0 Å². The smallest absolute Gasteiger partial charge is 0.228 e. The van der Waals surface area contributed by atoms with Gasteiger partial charge in [0, 0.05) is 23.4 Å². The molecule has 0 saturated heterocycles. The van der Waals surface area contributed by atoms with Crippen LogP contribution >= 0.6 is 11.3 Å². The first-order valence-corrected chi connectivity index (χ1v) is 7.68. The van der Waals surface area contributed by atoms with Crippen LogP contribution in [-0.2, 0) is 11.2 Å². The maximum atomic E-state index is 11.8. The van der Waals surface area contributed by atoms with Gasteiger partial charge in [-0.15, -0.1) is 11.3 Å². The van der Waals surface area contributed by atoms with E-state index in [0.717, 1.165) is 23.3 Å². The summed E-state index contributed by atoms with van der Waals surface area (Å²) >= 11 is 1.49. The van der Waals surface area contributed by atoms with E-state index in [1.165, 1.54) is 11.3 Å². The third-order valence-corrected chi connectivity index (χ3v) is 4.22. The maximum absolute atomic E-state index is 11.8. The molecule has 0 bridgehead atoms. The molecule has 0 aliphatic carbocycles. The minimum Gasteiger partial charge on any atom is -0.302 e. The Balaban J connectivity index is 1.99. The fraction of sp³-hybridized carbons (Fsp3) is 0.312. The molecular weight excluding hydrogens is 282 g/mol. The van der Waals surface area contributed by atoms with Gasteiger partial charge in [0.25, 0.3) is 0 Å². The van der Waals surface area contributed by atoms with Gasteiger partial charge in [0.15, 0.2) is 5.13 Å². The number of nitriles is 1. The van der Waals surface area contributed by atoms with Crippen molar-refractivity contribution in [2.45, 2.75) is 26.7 Å². The molecular formula is C16H17N3OS. The van der Waals surface area contributed by atoms with Gasteiger partial charge in [0.2, 0.25) is 5.91 Å². The standard InChI is InChI=1S/C16H17N3OS/c1-3-11(2)15(20)19-16-18-10-14(21-16)8-12-4-6-13(9-17)7-5-12/h4-7,10-11H,3,8H2,1-2H3,(H,18,19,20)/t11-/m0/s1.